The summed E-state index contributed by atoms with van der Waals surface area (Å²) in [7, 11) is -3.43. The van der Waals surface area contributed by atoms with Crippen molar-refractivity contribution >= 4 is 33.2 Å². The van der Waals surface area contributed by atoms with E-state index in [2.05, 4.69) is 4.74 Å². The van der Waals surface area contributed by atoms with Crippen LogP contribution in [0.1, 0.15) is 30.1 Å². The number of hydrogen-bond donors (Lipinski definition) is 0. The lowest BCUT2D eigenvalue weighted by Crippen LogP contribution is -2.18. The molecule has 0 N–H and O–H groups in total. The minimum absolute atomic E-state index is 0.00192. The van der Waals surface area contributed by atoms with Gasteiger partial charge in [-0.1, -0.05) is 11.6 Å². The highest BCUT2D eigenvalue weighted by Gasteiger charge is 2.38. The average Bonchev–Trinajstić information content (AvgIpc) is 3.22. The quantitative estimate of drug-likeness (QED) is 0.472. The Morgan fingerprint density at radius 3 is 2.50 bits per heavy atom. The number of sulfone groups is 1. The first-order valence-electron chi connectivity index (χ1n) is 6.12. The van der Waals surface area contributed by atoms with E-state index in [0.717, 1.165) is 0 Å². The van der Waals surface area contributed by atoms with Gasteiger partial charge in [-0.15, -0.1) is 0 Å². The van der Waals surface area contributed by atoms with E-state index in [4.69, 9.17) is 11.6 Å². The second kappa shape index (κ2) is 5.54. The molecule has 108 valence electrons. The lowest BCUT2D eigenvalue weighted by atomic mass is 10.1. The summed E-state index contributed by atoms with van der Waals surface area (Å²) < 4.78 is 28.7. The van der Waals surface area contributed by atoms with Gasteiger partial charge in [-0.05, 0) is 38.0 Å². The van der Waals surface area contributed by atoms with Crippen molar-refractivity contribution in [1.29, 1.82) is 0 Å². The first-order chi connectivity index (χ1) is 9.37. The molecular weight excluding hydrogens is 304 g/mol. The Kier molecular flexibility index (Phi) is 4.15. The largest absolute Gasteiger partial charge is 0.460 e. The molecule has 0 bridgehead atoms. The van der Waals surface area contributed by atoms with Crippen LogP contribution in [0.15, 0.2) is 23.1 Å². The van der Waals surface area contributed by atoms with Gasteiger partial charge < -0.3 is 4.74 Å². The van der Waals surface area contributed by atoms with Crippen LogP contribution in [0.3, 0.4) is 0 Å². The monoisotopic (exact) mass is 316 g/mol. The van der Waals surface area contributed by atoms with Gasteiger partial charge in [-0.3, -0.25) is 4.79 Å². The molecule has 0 aliphatic heterocycles. The van der Waals surface area contributed by atoms with Crippen molar-refractivity contribution in [2.75, 3.05) is 6.61 Å². The molecule has 20 heavy (non-hydrogen) atoms. The van der Waals surface area contributed by atoms with Crippen LogP contribution in [-0.4, -0.2) is 32.0 Å². The predicted molar refractivity (Wildman–Crippen MR) is 72.6 cm³/mol. The van der Waals surface area contributed by atoms with Gasteiger partial charge in [0.05, 0.1) is 21.8 Å². The van der Waals surface area contributed by atoms with Gasteiger partial charge in [-0.25, -0.2) is 13.2 Å². The molecule has 1 aromatic rings. The Morgan fingerprint density at radius 1 is 1.35 bits per heavy atom. The van der Waals surface area contributed by atoms with E-state index in [-0.39, 0.29) is 27.3 Å². The summed E-state index contributed by atoms with van der Waals surface area (Å²) in [4.78, 5) is 23.0. The lowest BCUT2D eigenvalue weighted by Gasteiger charge is -2.07. The molecule has 0 unspecified atom stereocenters. The number of carbonyl (C=O) groups excluding carboxylic acids is 2. The van der Waals surface area contributed by atoms with Gasteiger partial charge in [0.1, 0.15) is 0 Å². The number of carbonyl (C=O) groups is 2. The Labute approximate surface area is 121 Å². The minimum atomic E-state index is -3.43. The van der Waals surface area contributed by atoms with Crippen molar-refractivity contribution in [1.82, 2.24) is 0 Å². The number of Topliss-reactive ketones (excluding diaryl/α,β-unsaturated/α-hetero) is 1. The van der Waals surface area contributed by atoms with Crippen molar-refractivity contribution in [2.45, 2.75) is 29.9 Å². The molecule has 0 atom stereocenters. The second-order valence-corrected chi connectivity index (χ2v) is 7.04. The van der Waals surface area contributed by atoms with Gasteiger partial charge in [-0.2, -0.15) is 0 Å². The molecule has 1 aliphatic rings. The van der Waals surface area contributed by atoms with E-state index in [1.54, 1.807) is 6.92 Å². The van der Waals surface area contributed by atoms with E-state index in [1.165, 1.54) is 18.2 Å². The summed E-state index contributed by atoms with van der Waals surface area (Å²) in [5, 5.41) is -0.432. The summed E-state index contributed by atoms with van der Waals surface area (Å²) >= 11 is 5.93. The van der Waals surface area contributed by atoms with Crippen LogP contribution in [0.2, 0.25) is 5.02 Å². The normalized spacial score (nSPS) is 14.9. The van der Waals surface area contributed by atoms with Crippen LogP contribution in [-0.2, 0) is 19.4 Å². The van der Waals surface area contributed by atoms with Crippen molar-refractivity contribution in [3.8, 4) is 0 Å². The smallest absolute Gasteiger partial charge is 0.379 e. The summed E-state index contributed by atoms with van der Waals surface area (Å²) in [6.45, 7) is 1.68. The van der Waals surface area contributed by atoms with E-state index in [1.807, 2.05) is 0 Å². The minimum Gasteiger partial charge on any atom is -0.460 e. The molecule has 0 heterocycles. The molecule has 1 fully saturated rings. The molecule has 1 aromatic carbocycles. The highest BCUT2D eigenvalue weighted by molar-refractivity contribution is 7.92. The summed E-state index contributed by atoms with van der Waals surface area (Å²) in [6.07, 6.45) is 1.25. The van der Waals surface area contributed by atoms with Crippen molar-refractivity contribution in [3.63, 3.8) is 0 Å². The fourth-order valence-corrected chi connectivity index (χ4v) is 3.95. The van der Waals surface area contributed by atoms with E-state index in [9.17, 15) is 18.0 Å². The molecule has 0 aromatic heterocycles. The maximum atomic E-state index is 12.1. The van der Waals surface area contributed by atoms with Gasteiger partial charge in [0.15, 0.2) is 9.84 Å². The third-order valence-corrected chi connectivity index (χ3v) is 5.67. The highest BCUT2D eigenvalue weighted by atomic mass is 35.5. The Balaban J connectivity index is 2.31. The number of ketones is 1. The molecule has 1 saturated carbocycles. The maximum absolute atomic E-state index is 12.1. The number of rotatable bonds is 5. The van der Waals surface area contributed by atoms with Gasteiger partial charge in [0.2, 0.25) is 0 Å². The fourth-order valence-electron chi connectivity index (χ4n) is 1.75. The molecule has 2 rings (SSSR count). The summed E-state index contributed by atoms with van der Waals surface area (Å²) in [6, 6.07) is 3.74. The number of benzene rings is 1. The zero-order chi connectivity index (χ0) is 14.9. The first kappa shape index (κ1) is 15.0. The summed E-state index contributed by atoms with van der Waals surface area (Å²) in [5.74, 6) is -1.83. The van der Waals surface area contributed by atoms with E-state index in [0.29, 0.717) is 12.8 Å². The zero-order valence-electron chi connectivity index (χ0n) is 10.8. The number of ether oxygens (including phenoxy) is 1. The van der Waals surface area contributed by atoms with Crippen LogP contribution in [0.25, 0.3) is 0 Å². The number of hydrogen-bond acceptors (Lipinski definition) is 5. The van der Waals surface area contributed by atoms with E-state index >= 15 is 0 Å². The van der Waals surface area contributed by atoms with Gasteiger partial charge >= 0.3 is 5.97 Å². The lowest BCUT2D eigenvalue weighted by molar-refractivity contribution is -0.137. The number of esters is 1. The Bertz CT molecular complexity index is 661. The van der Waals surface area contributed by atoms with Gasteiger partial charge in [0.25, 0.3) is 5.78 Å². The average molecular weight is 317 g/mol. The van der Waals surface area contributed by atoms with Gasteiger partial charge in [0, 0.05) is 5.56 Å². The first-order valence-corrected chi connectivity index (χ1v) is 8.05. The van der Waals surface area contributed by atoms with Crippen molar-refractivity contribution in [2.24, 2.45) is 0 Å². The molecule has 0 spiro atoms. The van der Waals surface area contributed by atoms with Crippen molar-refractivity contribution in [3.05, 3.63) is 28.8 Å². The molecule has 0 saturated heterocycles. The van der Waals surface area contributed by atoms with E-state index < -0.39 is 21.6 Å². The van der Waals surface area contributed by atoms with Crippen LogP contribution in [0.4, 0.5) is 0 Å². The van der Waals surface area contributed by atoms with Crippen LogP contribution in [0.5, 0.6) is 0 Å². The summed E-state index contributed by atoms with van der Waals surface area (Å²) in [5.41, 5.74) is 0.0168. The maximum Gasteiger partial charge on any atom is 0.379 e. The molecule has 1 aliphatic carbocycles. The molecule has 7 heteroatoms. The van der Waals surface area contributed by atoms with Crippen LogP contribution < -0.4 is 0 Å². The molecule has 5 nitrogen and oxygen atoms in total. The number of halogens is 1. The van der Waals surface area contributed by atoms with Crippen LogP contribution >= 0.6 is 11.6 Å². The highest BCUT2D eigenvalue weighted by Crippen LogP contribution is 2.36. The topological polar surface area (TPSA) is 77.5 Å². The zero-order valence-corrected chi connectivity index (χ0v) is 12.3. The predicted octanol–water partition coefficient (Wildman–Crippen LogP) is 2.02. The van der Waals surface area contributed by atoms with Crippen molar-refractivity contribution < 1.29 is 22.7 Å². The van der Waals surface area contributed by atoms with Crippen LogP contribution in [0, 0.1) is 0 Å². The SMILES string of the molecule is CCOC(=O)C(=O)c1ccc(S(=O)(=O)C2CC2)c(Cl)c1. The fraction of sp³-hybridized carbons (Fsp3) is 0.385. The third kappa shape index (κ3) is 2.86. The molecular formula is C13H13ClO5S. The third-order valence-electron chi connectivity index (χ3n) is 2.92. The molecule has 0 amide bonds. The standard InChI is InChI=1S/C13H13ClO5S/c1-2-19-13(16)12(15)8-3-6-11(10(14)7-8)20(17,18)9-4-5-9/h3,6-7,9H,2,4-5H2,1H3. The Morgan fingerprint density at radius 2 is 2.00 bits per heavy atom. The second-order valence-electron chi connectivity index (χ2n) is 4.44. The molecule has 0 radical (unpaired) electrons. The Hall–Kier alpha value is -1.40.